The largest absolute Gasteiger partial charge is 0.482 e. The molecule has 0 bridgehead atoms. The molecule has 4 nitrogen and oxygen atoms in total. The first-order chi connectivity index (χ1) is 9.45. The molecule has 0 unspecified atom stereocenters. The number of ether oxygens (including phenoxy) is 1. The Morgan fingerprint density at radius 3 is 2.85 bits per heavy atom. The molecule has 7 heteroatoms. The van der Waals surface area contributed by atoms with Gasteiger partial charge in [0.2, 0.25) is 0 Å². The minimum atomic E-state index is -0.458. The molecule has 0 radical (unpaired) electrons. The summed E-state index contributed by atoms with van der Waals surface area (Å²) in [6.45, 7) is 3.58. The van der Waals surface area contributed by atoms with Crippen molar-refractivity contribution < 1.29 is 13.9 Å². The number of aryl methyl sites for hydroxylation is 2. The lowest BCUT2D eigenvalue weighted by atomic mass is 10.3. The molecule has 0 aliphatic heterocycles. The van der Waals surface area contributed by atoms with Gasteiger partial charge in [0.25, 0.3) is 5.91 Å². The molecule has 0 fully saturated rings. The number of amides is 1. The highest BCUT2D eigenvalue weighted by molar-refractivity contribution is 7.15. The van der Waals surface area contributed by atoms with Gasteiger partial charge in [-0.05, 0) is 32.0 Å². The minimum absolute atomic E-state index is 0.124. The molecule has 2 rings (SSSR count). The Morgan fingerprint density at radius 1 is 1.50 bits per heavy atom. The first-order valence-corrected chi connectivity index (χ1v) is 6.97. The van der Waals surface area contributed by atoms with Crippen molar-refractivity contribution in [3.63, 3.8) is 0 Å². The molecule has 0 aliphatic carbocycles. The number of hydrogen-bond acceptors (Lipinski definition) is 4. The molecule has 0 saturated carbocycles. The highest BCUT2D eigenvalue weighted by atomic mass is 35.5. The van der Waals surface area contributed by atoms with E-state index in [-0.39, 0.29) is 23.3 Å². The molecule has 106 valence electrons. The van der Waals surface area contributed by atoms with Crippen LogP contribution in [0.5, 0.6) is 5.75 Å². The van der Waals surface area contributed by atoms with Gasteiger partial charge in [0.15, 0.2) is 11.7 Å². The first kappa shape index (κ1) is 14.7. The zero-order chi connectivity index (χ0) is 14.7. The molecule has 0 spiro atoms. The van der Waals surface area contributed by atoms with Gasteiger partial charge in [-0.2, -0.15) is 0 Å². The Bertz CT molecular complexity index is 626. The molecule has 20 heavy (non-hydrogen) atoms. The van der Waals surface area contributed by atoms with E-state index in [9.17, 15) is 9.18 Å². The third-order valence-corrected chi connectivity index (χ3v) is 3.81. The Morgan fingerprint density at radius 2 is 2.25 bits per heavy atom. The molecule has 1 aromatic heterocycles. The molecule has 1 aromatic carbocycles. The number of aromatic nitrogens is 1. The zero-order valence-electron chi connectivity index (χ0n) is 10.9. The molecular weight excluding hydrogens is 303 g/mol. The third-order valence-electron chi connectivity index (χ3n) is 2.53. The highest BCUT2D eigenvalue weighted by Crippen LogP contribution is 2.25. The summed E-state index contributed by atoms with van der Waals surface area (Å²) in [5.41, 5.74) is 0.882. The van der Waals surface area contributed by atoms with Crippen LogP contribution in [0.4, 0.5) is 9.52 Å². The maximum Gasteiger partial charge on any atom is 0.264 e. The van der Waals surface area contributed by atoms with Crippen molar-refractivity contribution in [2.45, 2.75) is 13.8 Å². The van der Waals surface area contributed by atoms with E-state index in [0.717, 1.165) is 16.6 Å². The van der Waals surface area contributed by atoms with Crippen LogP contribution in [-0.2, 0) is 4.79 Å². The van der Waals surface area contributed by atoms with Crippen molar-refractivity contribution in [3.05, 3.63) is 39.6 Å². The normalized spacial score (nSPS) is 10.4. The van der Waals surface area contributed by atoms with Crippen LogP contribution in [0.25, 0.3) is 0 Å². The number of carbonyl (C=O) groups is 1. The van der Waals surface area contributed by atoms with Gasteiger partial charge < -0.3 is 4.74 Å². The van der Waals surface area contributed by atoms with Gasteiger partial charge in [0.05, 0.1) is 10.7 Å². The molecule has 1 N–H and O–H groups in total. The average Bonchev–Trinajstić information content (AvgIpc) is 2.67. The lowest BCUT2D eigenvalue weighted by Crippen LogP contribution is -2.20. The van der Waals surface area contributed by atoms with E-state index < -0.39 is 5.82 Å². The monoisotopic (exact) mass is 314 g/mol. The van der Waals surface area contributed by atoms with Crippen molar-refractivity contribution in [1.29, 1.82) is 0 Å². The lowest BCUT2D eigenvalue weighted by Gasteiger charge is -2.07. The quantitative estimate of drug-likeness (QED) is 0.938. The number of rotatable bonds is 4. The number of hydrogen-bond donors (Lipinski definition) is 1. The molecule has 0 saturated heterocycles. The van der Waals surface area contributed by atoms with E-state index >= 15 is 0 Å². The van der Waals surface area contributed by atoms with Crippen molar-refractivity contribution in [2.75, 3.05) is 11.9 Å². The summed E-state index contributed by atoms with van der Waals surface area (Å²) in [5, 5.41) is 3.28. The maximum atomic E-state index is 12.8. The van der Waals surface area contributed by atoms with Gasteiger partial charge in [0.1, 0.15) is 11.6 Å². The molecule has 1 heterocycles. The van der Waals surface area contributed by atoms with Gasteiger partial charge in [-0.25, -0.2) is 9.37 Å². The summed E-state index contributed by atoms with van der Waals surface area (Å²) in [6.07, 6.45) is 0. The van der Waals surface area contributed by atoms with Crippen molar-refractivity contribution in [3.8, 4) is 5.75 Å². The van der Waals surface area contributed by atoms with Gasteiger partial charge in [-0.3, -0.25) is 10.1 Å². The number of halogens is 2. The van der Waals surface area contributed by atoms with Crippen LogP contribution >= 0.6 is 22.9 Å². The average molecular weight is 315 g/mol. The third kappa shape index (κ3) is 3.68. The number of carbonyl (C=O) groups excluding carboxylic acids is 1. The van der Waals surface area contributed by atoms with Crippen LogP contribution in [0, 0.1) is 19.7 Å². The van der Waals surface area contributed by atoms with Crippen LogP contribution < -0.4 is 10.1 Å². The first-order valence-electron chi connectivity index (χ1n) is 5.77. The summed E-state index contributed by atoms with van der Waals surface area (Å²) >= 11 is 7.19. The van der Waals surface area contributed by atoms with E-state index in [4.69, 9.17) is 16.3 Å². The second kappa shape index (κ2) is 6.19. The number of thiazole rings is 1. The maximum absolute atomic E-state index is 12.8. The summed E-state index contributed by atoms with van der Waals surface area (Å²) in [4.78, 5) is 16.9. The molecule has 0 atom stereocenters. The van der Waals surface area contributed by atoms with E-state index in [2.05, 4.69) is 10.3 Å². The molecule has 2 aromatic rings. The van der Waals surface area contributed by atoms with E-state index in [1.807, 2.05) is 13.8 Å². The van der Waals surface area contributed by atoms with Crippen LogP contribution in [0.2, 0.25) is 5.02 Å². The Labute approximate surface area is 124 Å². The number of benzene rings is 1. The van der Waals surface area contributed by atoms with Crippen LogP contribution in [-0.4, -0.2) is 17.5 Å². The van der Waals surface area contributed by atoms with Crippen molar-refractivity contribution >= 4 is 34.0 Å². The number of anilines is 1. The Balaban J connectivity index is 1.92. The summed E-state index contributed by atoms with van der Waals surface area (Å²) in [7, 11) is 0. The Kier molecular flexibility index (Phi) is 4.57. The smallest absolute Gasteiger partial charge is 0.264 e. The highest BCUT2D eigenvalue weighted by Gasteiger charge is 2.10. The molecular formula is C13H12ClFN2O2S. The fourth-order valence-electron chi connectivity index (χ4n) is 1.42. The Hall–Kier alpha value is -1.66. The minimum Gasteiger partial charge on any atom is -0.482 e. The van der Waals surface area contributed by atoms with Gasteiger partial charge in [-0.15, -0.1) is 11.3 Å². The summed E-state index contributed by atoms with van der Waals surface area (Å²) in [6, 6.07) is 3.72. The van der Waals surface area contributed by atoms with Crippen molar-refractivity contribution in [1.82, 2.24) is 4.98 Å². The van der Waals surface area contributed by atoms with Crippen molar-refractivity contribution in [2.24, 2.45) is 0 Å². The SMILES string of the molecule is Cc1nc(NC(=O)COc2ccc(F)cc2Cl)sc1C. The van der Waals surface area contributed by atoms with Crippen LogP contribution in [0.15, 0.2) is 18.2 Å². The predicted octanol–water partition coefficient (Wildman–Crippen LogP) is 3.57. The van der Waals surface area contributed by atoms with Crippen LogP contribution in [0.1, 0.15) is 10.6 Å². The van der Waals surface area contributed by atoms with E-state index in [1.54, 1.807) is 0 Å². The van der Waals surface area contributed by atoms with Gasteiger partial charge in [-0.1, -0.05) is 11.6 Å². The second-order valence-electron chi connectivity index (χ2n) is 4.07. The number of nitrogens with zero attached hydrogens (tertiary/aromatic N) is 1. The predicted molar refractivity (Wildman–Crippen MR) is 77.1 cm³/mol. The zero-order valence-corrected chi connectivity index (χ0v) is 12.4. The molecule has 1 amide bonds. The van der Waals surface area contributed by atoms with Crippen LogP contribution in [0.3, 0.4) is 0 Å². The van der Waals surface area contributed by atoms with Gasteiger partial charge >= 0.3 is 0 Å². The number of nitrogens with one attached hydrogen (secondary N) is 1. The fraction of sp³-hybridized carbons (Fsp3) is 0.231. The second-order valence-corrected chi connectivity index (χ2v) is 5.68. The van der Waals surface area contributed by atoms with Gasteiger partial charge in [0, 0.05) is 4.88 Å². The summed E-state index contributed by atoms with van der Waals surface area (Å²) < 4.78 is 18.1. The lowest BCUT2D eigenvalue weighted by molar-refractivity contribution is -0.118. The fourth-order valence-corrected chi connectivity index (χ4v) is 2.47. The standard InChI is InChI=1S/C13H12ClFN2O2S/c1-7-8(2)20-13(16-7)17-12(18)6-19-11-4-3-9(15)5-10(11)14/h3-5H,6H2,1-2H3,(H,16,17,18). The summed E-state index contributed by atoms with van der Waals surface area (Å²) in [5.74, 6) is -0.547. The topological polar surface area (TPSA) is 51.2 Å². The van der Waals surface area contributed by atoms with E-state index in [1.165, 1.54) is 23.5 Å². The molecule has 0 aliphatic rings. The van der Waals surface area contributed by atoms with E-state index in [0.29, 0.717) is 5.13 Å².